The fourth-order valence-electron chi connectivity index (χ4n) is 3.08. The third-order valence-electron chi connectivity index (χ3n) is 4.81. The van der Waals surface area contributed by atoms with E-state index in [4.69, 9.17) is 4.74 Å². The monoisotopic (exact) mass is 362 g/mol. The van der Waals surface area contributed by atoms with Gasteiger partial charge in [-0.15, -0.1) is 0 Å². The van der Waals surface area contributed by atoms with Crippen LogP contribution in [-0.4, -0.2) is 59.8 Å². The van der Waals surface area contributed by atoms with Crippen molar-refractivity contribution in [1.82, 2.24) is 10.2 Å². The Bertz CT molecular complexity index is 715. The summed E-state index contributed by atoms with van der Waals surface area (Å²) >= 11 is 0. The minimum absolute atomic E-state index is 0.0885. The molecule has 1 aliphatic carbocycles. The quantitative estimate of drug-likeness (QED) is 0.552. The average molecular weight is 362 g/mol. The normalized spacial score (nSPS) is 23.6. The lowest BCUT2D eigenvalue weighted by molar-refractivity contribution is -0.132. The van der Waals surface area contributed by atoms with Crippen LogP contribution in [0.2, 0.25) is 0 Å². The van der Waals surface area contributed by atoms with Crippen LogP contribution in [0.1, 0.15) is 30.1 Å². The molecule has 3 rings (SSSR count). The summed E-state index contributed by atoms with van der Waals surface area (Å²) in [4.78, 5) is 37.0. The highest BCUT2D eigenvalue weighted by atomic mass is 16.5. The summed E-state index contributed by atoms with van der Waals surface area (Å²) < 4.78 is 10.1. The molecule has 8 heteroatoms. The Morgan fingerprint density at radius 1 is 1.35 bits per heavy atom. The van der Waals surface area contributed by atoms with Crippen molar-refractivity contribution in [3.05, 3.63) is 29.8 Å². The van der Waals surface area contributed by atoms with E-state index < -0.39 is 23.6 Å². The Morgan fingerprint density at radius 3 is 2.58 bits per heavy atom. The molecule has 140 valence electrons. The van der Waals surface area contributed by atoms with Gasteiger partial charge in [0.2, 0.25) is 0 Å². The molecule has 0 bridgehead atoms. The lowest BCUT2D eigenvalue weighted by Gasteiger charge is -2.22. The Hall–Kier alpha value is -2.61. The van der Waals surface area contributed by atoms with Gasteiger partial charge in [-0.25, -0.2) is 9.59 Å². The number of methoxy groups -OCH3 is 1. The Labute approximate surface area is 151 Å². The van der Waals surface area contributed by atoms with Gasteiger partial charge >= 0.3 is 12.0 Å². The summed E-state index contributed by atoms with van der Waals surface area (Å²) in [5, 5.41) is 12.9. The summed E-state index contributed by atoms with van der Waals surface area (Å²) in [7, 11) is 1.30. The number of urea groups is 1. The molecule has 26 heavy (non-hydrogen) atoms. The van der Waals surface area contributed by atoms with E-state index in [1.54, 1.807) is 31.2 Å². The summed E-state index contributed by atoms with van der Waals surface area (Å²) in [6.07, 6.45) is 0.819. The van der Waals surface area contributed by atoms with Crippen LogP contribution < -0.4 is 10.1 Å². The van der Waals surface area contributed by atoms with Crippen LogP contribution >= 0.6 is 0 Å². The molecule has 1 aromatic rings. The van der Waals surface area contributed by atoms with E-state index in [0.29, 0.717) is 11.3 Å². The fraction of sp³-hybridized carbons (Fsp3) is 0.500. The minimum atomic E-state index is -1.02. The topological polar surface area (TPSA) is 105 Å². The first-order chi connectivity index (χ1) is 12.3. The van der Waals surface area contributed by atoms with Gasteiger partial charge in [0.1, 0.15) is 24.0 Å². The molecule has 1 saturated carbocycles. The number of β-amino-alcohol motifs (C(OH)–C–C–N with tert-alkyl or cyclic N) is 1. The number of imide groups is 1. The first kappa shape index (κ1) is 18.2. The SMILES string of the molecule is COC(=O)c1ccc(OC[C@H](O)CN2C(=O)N[C@](C)(C3CC3)C2=O)cc1. The van der Waals surface area contributed by atoms with Gasteiger partial charge in [-0.2, -0.15) is 0 Å². The Morgan fingerprint density at radius 2 is 2.00 bits per heavy atom. The molecule has 1 saturated heterocycles. The highest BCUT2D eigenvalue weighted by Gasteiger charge is 2.56. The molecule has 2 aliphatic rings. The van der Waals surface area contributed by atoms with Gasteiger partial charge in [-0.05, 0) is 49.9 Å². The van der Waals surface area contributed by atoms with Crippen LogP contribution in [0.5, 0.6) is 5.75 Å². The molecule has 0 radical (unpaired) electrons. The zero-order chi connectivity index (χ0) is 18.9. The second-order valence-corrected chi connectivity index (χ2v) is 6.80. The maximum Gasteiger partial charge on any atom is 0.337 e. The number of ether oxygens (including phenoxy) is 2. The molecule has 3 amide bonds. The number of aliphatic hydroxyl groups excluding tert-OH is 1. The predicted molar refractivity (Wildman–Crippen MR) is 90.7 cm³/mol. The molecule has 1 aliphatic heterocycles. The Kier molecular flexibility index (Phi) is 4.86. The van der Waals surface area contributed by atoms with Crippen LogP contribution in [0.15, 0.2) is 24.3 Å². The van der Waals surface area contributed by atoms with Gasteiger partial charge < -0.3 is 19.9 Å². The van der Waals surface area contributed by atoms with Crippen molar-refractivity contribution in [3.63, 3.8) is 0 Å². The maximum atomic E-state index is 12.5. The fourth-order valence-corrected chi connectivity index (χ4v) is 3.08. The Balaban J connectivity index is 1.52. The number of nitrogens with zero attached hydrogens (tertiary/aromatic N) is 1. The number of rotatable bonds is 7. The van der Waals surface area contributed by atoms with E-state index in [9.17, 15) is 19.5 Å². The molecular weight excluding hydrogens is 340 g/mol. The molecule has 8 nitrogen and oxygen atoms in total. The van der Waals surface area contributed by atoms with E-state index in [0.717, 1.165) is 17.7 Å². The number of aliphatic hydroxyl groups is 1. The number of carbonyl (C=O) groups is 3. The zero-order valence-electron chi connectivity index (χ0n) is 14.7. The van der Waals surface area contributed by atoms with Crippen molar-refractivity contribution in [3.8, 4) is 5.75 Å². The molecule has 1 heterocycles. The van der Waals surface area contributed by atoms with E-state index in [1.165, 1.54) is 7.11 Å². The molecule has 2 atom stereocenters. The number of hydrogen-bond acceptors (Lipinski definition) is 6. The standard InChI is InChI=1S/C18H22N2O6/c1-18(12-5-6-12)16(23)20(17(24)19-18)9-13(21)10-26-14-7-3-11(4-8-14)15(22)25-2/h3-4,7-8,12-13,21H,5-6,9-10H2,1-2H3,(H,19,24)/t13-,18-/m1/s1. The number of carbonyl (C=O) groups excluding carboxylic acids is 3. The first-order valence-electron chi connectivity index (χ1n) is 8.48. The molecule has 0 unspecified atom stereocenters. The lowest BCUT2D eigenvalue weighted by Crippen LogP contribution is -2.46. The average Bonchev–Trinajstić information content (AvgIpc) is 3.46. The van der Waals surface area contributed by atoms with E-state index in [2.05, 4.69) is 10.1 Å². The minimum Gasteiger partial charge on any atom is -0.491 e. The number of hydrogen-bond donors (Lipinski definition) is 2. The smallest absolute Gasteiger partial charge is 0.337 e. The zero-order valence-corrected chi connectivity index (χ0v) is 14.7. The van der Waals surface area contributed by atoms with Crippen LogP contribution in [0.25, 0.3) is 0 Å². The number of nitrogens with one attached hydrogen (secondary N) is 1. The summed E-state index contributed by atoms with van der Waals surface area (Å²) in [6, 6.07) is 5.78. The van der Waals surface area contributed by atoms with Gasteiger partial charge in [0.25, 0.3) is 5.91 Å². The van der Waals surface area contributed by atoms with E-state index in [1.807, 2.05) is 0 Å². The second-order valence-electron chi connectivity index (χ2n) is 6.80. The van der Waals surface area contributed by atoms with Crippen LogP contribution in [-0.2, 0) is 9.53 Å². The van der Waals surface area contributed by atoms with Crippen molar-refractivity contribution in [1.29, 1.82) is 0 Å². The van der Waals surface area contributed by atoms with Gasteiger partial charge in [0.05, 0.1) is 19.2 Å². The molecule has 0 spiro atoms. The molecule has 2 fully saturated rings. The van der Waals surface area contributed by atoms with Crippen molar-refractivity contribution in [2.24, 2.45) is 5.92 Å². The van der Waals surface area contributed by atoms with Crippen molar-refractivity contribution in [2.75, 3.05) is 20.3 Å². The maximum absolute atomic E-state index is 12.5. The van der Waals surface area contributed by atoms with E-state index in [-0.39, 0.29) is 25.0 Å². The first-order valence-corrected chi connectivity index (χ1v) is 8.48. The molecular formula is C18H22N2O6. The number of benzene rings is 1. The third kappa shape index (κ3) is 3.50. The summed E-state index contributed by atoms with van der Waals surface area (Å²) in [5.41, 5.74) is -0.472. The van der Waals surface area contributed by atoms with E-state index >= 15 is 0 Å². The lowest BCUT2D eigenvalue weighted by atomic mass is 9.96. The van der Waals surface area contributed by atoms with Gasteiger partial charge in [-0.3, -0.25) is 9.69 Å². The molecule has 1 aromatic carbocycles. The van der Waals surface area contributed by atoms with Gasteiger partial charge in [-0.1, -0.05) is 0 Å². The highest BCUT2D eigenvalue weighted by Crippen LogP contribution is 2.42. The second kappa shape index (κ2) is 6.95. The molecule has 2 N–H and O–H groups in total. The summed E-state index contributed by atoms with van der Waals surface area (Å²) in [6.45, 7) is 1.51. The number of esters is 1. The summed E-state index contributed by atoms with van der Waals surface area (Å²) in [5.74, 6) is -0.122. The van der Waals surface area contributed by atoms with Crippen LogP contribution in [0, 0.1) is 5.92 Å². The highest BCUT2D eigenvalue weighted by molar-refractivity contribution is 6.07. The van der Waals surface area contributed by atoms with Crippen molar-refractivity contribution >= 4 is 17.9 Å². The van der Waals surface area contributed by atoms with Crippen LogP contribution in [0.4, 0.5) is 4.79 Å². The third-order valence-corrected chi connectivity index (χ3v) is 4.81. The van der Waals surface area contributed by atoms with Crippen molar-refractivity contribution < 1.29 is 29.0 Å². The van der Waals surface area contributed by atoms with Crippen LogP contribution in [0.3, 0.4) is 0 Å². The largest absolute Gasteiger partial charge is 0.491 e. The predicted octanol–water partition coefficient (Wildman–Crippen LogP) is 0.933. The van der Waals surface area contributed by atoms with Gasteiger partial charge in [0.15, 0.2) is 0 Å². The van der Waals surface area contributed by atoms with Crippen molar-refractivity contribution in [2.45, 2.75) is 31.4 Å². The molecule has 0 aromatic heterocycles. The van der Waals surface area contributed by atoms with Gasteiger partial charge in [0, 0.05) is 0 Å². The number of amides is 3.